The highest BCUT2D eigenvalue weighted by atomic mass is 16.5. The van der Waals surface area contributed by atoms with E-state index in [9.17, 15) is 4.79 Å². The highest BCUT2D eigenvalue weighted by molar-refractivity contribution is 5.85. The molecule has 0 bridgehead atoms. The summed E-state index contributed by atoms with van der Waals surface area (Å²) in [6.07, 6.45) is 6.28. The molecule has 1 N–H and O–H groups in total. The van der Waals surface area contributed by atoms with Crippen molar-refractivity contribution in [1.29, 1.82) is 0 Å². The van der Waals surface area contributed by atoms with Gasteiger partial charge in [0.05, 0.1) is 33.5 Å². The number of benzene rings is 1. The molecular formula is C24H33N5O4. The van der Waals surface area contributed by atoms with Gasteiger partial charge in [-0.3, -0.25) is 9.69 Å². The van der Waals surface area contributed by atoms with Crippen LogP contribution < -0.4 is 19.7 Å². The van der Waals surface area contributed by atoms with Gasteiger partial charge in [-0.1, -0.05) is 6.07 Å². The lowest BCUT2D eigenvalue weighted by atomic mass is 10.0. The van der Waals surface area contributed by atoms with Gasteiger partial charge in [-0.2, -0.15) is 0 Å². The fourth-order valence-electron chi connectivity index (χ4n) is 4.61. The second-order valence-corrected chi connectivity index (χ2v) is 8.28. The lowest BCUT2D eigenvalue weighted by molar-refractivity contribution is -0.123. The van der Waals surface area contributed by atoms with Crippen LogP contribution in [0.25, 0.3) is 0 Å². The number of anilines is 1. The highest BCUT2D eigenvalue weighted by Gasteiger charge is 2.32. The molecule has 1 aromatic carbocycles. The van der Waals surface area contributed by atoms with Gasteiger partial charge in [-0.25, -0.2) is 9.97 Å². The largest absolute Gasteiger partial charge is 0.493 e. The van der Waals surface area contributed by atoms with E-state index in [2.05, 4.69) is 20.2 Å². The summed E-state index contributed by atoms with van der Waals surface area (Å²) in [6.45, 7) is 4.25. The number of piperidine rings is 1. The summed E-state index contributed by atoms with van der Waals surface area (Å²) in [5, 5.41) is 3.22. The molecule has 2 unspecified atom stereocenters. The Bertz CT molecular complexity index is 907. The van der Waals surface area contributed by atoms with E-state index < -0.39 is 0 Å². The number of amides is 1. The minimum absolute atomic E-state index is 0.00247. The van der Waals surface area contributed by atoms with Gasteiger partial charge in [-0.05, 0) is 43.0 Å². The van der Waals surface area contributed by atoms with Gasteiger partial charge in [0.25, 0.3) is 0 Å². The summed E-state index contributed by atoms with van der Waals surface area (Å²) in [5.41, 5.74) is 1.07. The van der Waals surface area contributed by atoms with Gasteiger partial charge < -0.3 is 24.4 Å². The third kappa shape index (κ3) is 5.54. The van der Waals surface area contributed by atoms with Gasteiger partial charge in [-0.15, -0.1) is 0 Å². The minimum atomic E-state index is -0.267. The molecule has 1 amide bonds. The molecule has 0 spiro atoms. The van der Waals surface area contributed by atoms with E-state index in [1.807, 2.05) is 23.1 Å². The molecule has 9 nitrogen and oxygen atoms in total. The Morgan fingerprint density at radius 2 is 1.88 bits per heavy atom. The zero-order chi connectivity index (χ0) is 23.0. The van der Waals surface area contributed by atoms with Crippen molar-refractivity contribution in [2.75, 3.05) is 58.5 Å². The quantitative estimate of drug-likeness (QED) is 0.647. The van der Waals surface area contributed by atoms with Gasteiger partial charge in [0.2, 0.25) is 11.9 Å². The van der Waals surface area contributed by atoms with Gasteiger partial charge in [0.1, 0.15) is 6.04 Å². The van der Waals surface area contributed by atoms with E-state index in [0.717, 1.165) is 44.5 Å². The maximum absolute atomic E-state index is 13.3. The average Bonchev–Trinajstić information content (AvgIpc) is 2.89. The van der Waals surface area contributed by atoms with Crippen molar-refractivity contribution in [2.45, 2.75) is 31.3 Å². The summed E-state index contributed by atoms with van der Waals surface area (Å²) < 4.78 is 16.5. The Kier molecular flexibility index (Phi) is 7.96. The molecule has 2 atom stereocenters. The molecule has 2 fully saturated rings. The Balaban J connectivity index is 1.51. The smallest absolute Gasteiger partial charge is 0.242 e. The molecule has 2 saturated heterocycles. The SMILES string of the molecule is COc1ccc(C(CNC(=O)C2CCCCN2c2ncccn2)N2CCOCC2)cc1OC. The summed E-state index contributed by atoms with van der Waals surface area (Å²) in [7, 11) is 3.26. The van der Waals surface area contributed by atoms with Gasteiger partial charge in [0.15, 0.2) is 11.5 Å². The number of nitrogens with one attached hydrogen (secondary N) is 1. The molecule has 0 radical (unpaired) electrons. The average molecular weight is 456 g/mol. The number of methoxy groups -OCH3 is 2. The fraction of sp³-hybridized carbons (Fsp3) is 0.542. The predicted molar refractivity (Wildman–Crippen MR) is 125 cm³/mol. The Labute approximate surface area is 195 Å². The third-order valence-electron chi connectivity index (χ3n) is 6.36. The predicted octanol–water partition coefficient (Wildman–Crippen LogP) is 2.04. The fourth-order valence-corrected chi connectivity index (χ4v) is 4.61. The van der Waals surface area contributed by atoms with E-state index in [1.54, 1.807) is 32.7 Å². The summed E-state index contributed by atoms with van der Waals surface area (Å²) >= 11 is 0. The van der Waals surface area contributed by atoms with Crippen molar-refractivity contribution < 1.29 is 19.0 Å². The second-order valence-electron chi connectivity index (χ2n) is 8.28. The van der Waals surface area contributed by atoms with Gasteiger partial charge >= 0.3 is 0 Å². The number of hydrogen-bond donors (Lipinski definition) is 1. The van der Waals surface area contributed by atoms with Crippen molar-refractivity contribution in [1.82, 2.24) is 20.2 Å². The molecule has 0 aliphatic carbocycles. The van der Waals surface area contributed by atoms with Crippen molar-refractivity contribution in [3.05, 3.63) is 42.2 Å². The van der Waals surface area contributed by atoms with E-state index in [4.69, 9.17) is 14.2 Å². The zero-order valence-electron chi connectivity index (χ0n) is 19.4. The molecule has 178 valence electrons. The van der Waals surface area contributed by atoms with Crippen LogP contribution in [0.4, 0.5) is 5.95 Å². The van der Waals surface area contributed by atoms with Crippen molar-refractivity contribution in [3.63, 3.8) is 0 Å². The Morgan fingerprint density at radius 1 is 1.12 bits per heavy atom. The van der Waals surface area contributed by atoms with Crippen LogP contribution in [0.2, 0.25) is 0 Å². The summed E-state index contributed by atoms with van der Waals surface area (Å²) in [5.74, 6) is 1.99. The maximum Gasteiger partial charge on any atom is 0.242 e. The van der Waals surface area contributed by atoms with E-state index in [-0.39, 0.29) is 18.0 Å². The van der Waals surface area contributed by atoms with E-state index in [0.29, 0.717) is 37.2 Å². The maximum atomic E-state index is 13.3. The third-order valence-corrected chi connectivity index (χ3v) is 6.36. The van der Waals surface area contributed by atoms with Crippen LogP contribution in [0.1, 0.15) is 30.9 Å². The first-order chi connectivity index (χ1) is 16.2. The van der Waals surface area contributed by atoms with Crippen LogP contribution in [0, 0.1) is 0 Å². The zero-order valence-corrected chi connectivity index (χ0v) is 19.4. The number of aromatic nitrogens is 2. The van der Waals surface area contributed by atoms with Crippen LogP contribution >= 0.6 is 0 Å². The topological polar surface area (TPSA) is 89.0 Å². The van der Waals surface area contributed by atoms with Crippen molar-refractivity contribution in [2.24, 2.45) is 0 Å². The van der Waals surface area contributed by atoms with Crippen molar-refractivity contribution in [3.8, 4) is 11.5 Å². The van der Waals surface area contributed by atoms with E-state index in [1.165, 1.54) is 0 Å². The normalized spacial score (nSPS) is 20.2. The Morgan fingerprint density at radius 3 is 2.61 bits per heavy atom. The monoisotopic (exact) mass is 455 g/mol. The number of ether oxygens (including phenoxy) is 3. The van der Waals surface area contributed by atoms with Crippen LogP contribution in [-0.2, 0) is 9.53 Å². The highest BCUT2D eigenvalue weighted by Crippen LogP contribution is 2.32. The van der Waals surface area contributed by atoms with Crippen LogP contribution in [0.3, 0.4) is 0 Å². The molecular weight excluding hydrogens is 422 g/mol. The molecule has 2 aromatic rings. The Hall–Kier alpha value is -2.91. The minimum Gasteiger partial charge on any atom is -0.493 e. The van der Waals surface area contributed by atoms with Crippen LogP contribution in [0.5, 0.6) is 11.5 Å². The molecule has 4 rings (SSSR count). The molecule has 2 aliphatic rings. The second kappa shape index (κ2) is 11.3. The molecule has 9 heteroatoms. The first-order valence-electron chi connectivity index (χ1n) is 11.6. The summed E-state index contributed by atoms with van der Waals surface area (Å²) in [6, 6.07) is 7.48. The lowest BCUT2D eigenvalue weighted by Crippen LogP contribution is -2.52. The summed E-state index contributed by atoms with van der Waals surface area (Å²) in [4.78, 5) is 26.5. The van der Waals surface area contributed by atoms with Crippen LogP contribution in [0.15, 0.2) is 36.7 Å². The number of nitrogens with zero attached hydrogens (tertiary/aromatic N) is 4. The first kappa shape index (κ1) is 23.3. The van der Waals surface area contributed by atoms with Crippen LogP contribution in [-0.4, -0.2) is 80.4 Å². The lowest BCUT2D eigenvalue weighted by Gasteiger charge is -2.37. The molecule has 33 heavy (non-hydrogen) atoms. The molecule has 2 aliphatic heterocycles. The first-order valence-corrected chi connectivity index (χ1v) is 11.6. The number of hydrogen-bond acceptors (Lipinski definition) is 8. The number of carbonyl (C=O) groups excluding carboxylic acids is 1. The number of morpholine rings is 1. The van der Waals surface area contributed by atoms with Crippen molar-refractivity contribution >= 4 is 11.9 Å². The molecule has 3 heterocycles. The number of carbonyl (C=O) groups is 1. The molecule has 1 aromatic heterocycles. The number of rotatable bonds is 8. The van der Waals surface area contributed by atoms with E-state index >= 15 is 0 Å². The molecule has 0 saturated carbocycles. The standard InChI is InChI=1S/C24H33N5O4/c1-31-21-8-7-18(16-22(21)32-2)20(28-12-14-33-15-13-28)17-27-23(30)19-6-3-4-11-29(19)24-25-9-5-10-26-24/h5,7-10,16,19-20H,3-4,6,11-15,17H2,1-2H3,(H,27,30). The van der Waals surface area contributed by atoms with Gasteiger partial charge in [0, 0.05) is 38.6 Å².